The zero-order chi connectivity index (χ0) is 15.6. The normalized spacial score (nSPS) is 16.6. The van der Waals surface area contributed by atoms with Gasteiger partial charge < -0.3 is 5.32 Å². The standard InChI is InChI=1S/C14H18F3N3O/c1-3-6-18-13(21)9(2)8-20-11(10-4-5-10)7-12(19-20)14(15,16)17/h3,7,9-10H,1,4-6,8H2,2H3,(H,18,21). The van der Waals surface area contributed by atoms with Gasteiger partial charge in [-0.15, -0.1) is 6.58 Å². The number of carbonyl (C=O) groups is 1. The van der Waals surface area contributed by atoms with E-state index in [-0.39, 0.29) is 18.4 Å². The van der Waals surface area contributed by atoms with E-state index in [9.17, 15) is 18.0 Å². The third kappa shape index (κ3) is 3.86. The Morgan fingerprint density at radius 1 is 1.62 bits per heavy atom. The topological polar surface area (TPSA) is 46.9 Å². The van der Waals surface area contributed by atoms with Crippen LogP contribution in [0.15, 0.2) is 18.7 Å². The summed E-state index contributed by atoms with van der Waals surface area (Å²) in [7, 11) is 0. The van der Waals surface area contributed by atoms with E-state index in [4.69, 9.17) is 0 Å². The lowest BCUT2D eigenvalue weighted by molar-refractivity contribution is -0.141. The van der Waals surface area contributed by atoms with Gasteiger partial charge in [0.25, 0.3) is 0 Å². The zero-order valence-electron chi connectivity index (χ0n) is 11.8. The summed E-state index contributed by atoms with van der Waals surface area (Å²) in [5.41, 5.74) is -0.311. The van der Waals surface area contributed by atoms with Crippen LogP contribution in [0, 0.1) is 5.92 Å². The van der Waals surface area contributed by atoms with E-state index in [2.05, 4.69) is 17.0 Å². The van der Waals surface area contributed by atoms with Crippen LogP contribution in [0.2, 0.25) is 0 Å². The van der Waals surface area contributed by atoms with Crippen molar-refractivity contribution in [1.82, 2.24) is 15.1 Å². The van der Waals surface area contributed by atoms with Crippen molar-refractivity contribution in [1.29, 1.82) is 0 Å². The molecule has 1 N–H and O–H groups in total. The van der Waals surface area contributed by atoms with Gasteiger partial charge in [-0.05, 0) is 18.9 Å². The molecule has 0 bridgehead atoms. The second-order valence-electron chi connectivity index (χ2n) is 5.34. The molecule has 0 spiro atoms. The van der Waals surface area contributed by atoms with E-state index in [1.807, 2.05) is 0 Å². The fourth-order valence-corrected chi connectivity index (χ4v) is 2.11. The number of halogens is 3. The van der Waals surface area contributed by atoms with Crippen molar-refractivity contribution < 1.29 is 18.0 Å². The minimum atomic E-state index is -4.46. The summed E-state index contributed by atoms with van der Waals surface area (Å²) in [6.45, 7) is 5.65. The van der Waals surface area contributed by atoms with Gasteiger partial charge in [0.05, 0.1) is 12.5 Å². The molecule has 21 heavy (non-hydrogen) atoms. The van der Waals surface area contributed by atoms with Gasteiger partial charge in [-0.3, -0.25) is 9.48 Å². The molecular weight excluding hydrogens is 283 g/mol. The summed E-state index contributed by atoms with van der Waals surface area (Å²) >= 11 is 0. The molecule has 2 rings (SSSR count). The molecule has 4 nitrogen and oxygen atoms in total. The highest BCUT2D eigenvalue weighted by Crippen LogP contribution is 2.42. The van der Waals surface area contributed by atoms with Crippen LogP contribution in [0.4, 0.5) is 13.2 Å². The minimum Gasteiger partial charge on any atom is -0.352 e. The molecular formula is C14H18F3N3O. The molecule has 7 heteroatoms. The molecule has 1 atom stereocenters. The first-order valence-corrected chi connectivity index (χ1v) is 6.86. The number of aromatic nitrogens is 2. The first-order chi connectivity index (χ1) is 9.82. The molecule has 0 saturated heterocycles. The van der Waals surface area contributed by atoms with Crippen molar-refractivity contribution in [3.63, 3.8) is 0 Å². The van der Waals surface area contributed by atoms with Crippen LogP contribution >= 0.6 is 0 Å². The lowest BCUT2D eigenvalue weighted by atomic mass is 10.1. The maximum Gasteiger partial charge on any atom is 0.435 e. The van der Waals surface area contributed by atoms with Crippen LogP contribution in [0.3, 0.4) is 0 Å². The summed E-state index contributed by atoms with van der Waals surface area (Å²) in [4.78, 5) is 11.8. The second-order valence-corrected chi connectivity index (χ2v) is 5.34. The molecule has 1 unspecified atom stereocenters. The average molecular weight is 301 g/mol. The van der Waals surface area contributed by atoms with Crippen molar-refractivity contribution >= 4 is 5.91 Å². The number of carbonyl (C=O) groups excluding carboxylic acids is 1. The van der Waals surface area contributed by atoms with Crippen LogP contribution < -0.4 is 5.32 Å². The largest absolute Gasteiger partial charge is 0.435 e. The quantitative estimate of drug-likeness (QED) is 0.821. The average Bonchev–Trinajstić information content (AvgIpc) is 3.16. The SMILES string of the molecule is C=CCNC(=O)C(C)Cn1nc(C(F)(F)F)cc1C1CC1. The smallest absolute Gasteiger partial charge is 0.352 e. The van der Waals surface area contributed by atoms with E-state index in [1.54, 1.807) is 13.0 Å². The van der Waals surface area contributed by atoms with Crippen LogP contribution in [0.5, 0.6) is 0 Å². The molecule has 1 amide bonds. The molecule has 1 fully saturated rings. The van der Waals surface area contributed by atoms with Crippen molar-refractivity contribution in [3.8, 4) is 0 Å². The first kappa shape index (κ1) is 15.6. The lowest BCUT2D eigenvalue weighted by Crippen LogP contribution is -2.32. The number of nitrogens with one attached hydrogen (secondary N) is 1. The highest BCUT2D eigenvalue weighted by Gasteiger charge is 2.38. The fourth-order valence-electron chi connectivity index (χ4n) is 2.11. The van der Waals surface area contributed by atoms with E-state index in [0.717, 1.165) is 18.9 Å². The Hall–Kier alpha value is -1.79. The Morgan fingerprint density at radius 3 is 2.81 bits per heavy atom. The Morgan fingerprint density at radius 2 is 2.29 bits per heavy atom. The summed E-state index contributed by atoms with van der Waals surface area (Å²) in [5.74, 6) is -0.541. The van der Waals surface area contributed by atoms with Crippen molar-refractivity contribution in [2.45, 2.75) is 38.4 Å². The highest BCUT2D eigenvalue weighted by atomic mass is 19.4. The molecule has 0 aliphatic heterocycles. The molecule has 1 saturated carbocycles. The molecule has 0 radical (unpaired) electrons. The van der Waals surface area contributed by atoms with Crippen molar-refractivity contribution in [3.05, 3.63) is 30.1 Å². The fraction of sp³-hybridized carbons (Fsp3) is 0.571. The number of alkyl halides is 3. The maximum absolute atomic E-state index is 12.8. The van der Waals surface area contributed by atoms with E-state index < -0.39 is 17.8 Å². The summed E-state index contributed by atoms with van der Waals surface area (Å²) < 4.78 is 39.6. The van der Waals surface area contributed by atoms with Crippen LogP contribution in [-0.4, -0.2) is 22.2 Å². The Kier molecular flexibility index (Phi) is 4.39. The maximum atomic E-state index is 12.8. The molecule has 1 aliphatic rings. The Balaban J connectivity index is 2.13. The van der Waals surface area contributed by atoms with E-state index >= 15 is 0 Å². The number of nitrogens with zero attached hydrogens (tertiary/aromatic N) is 2. The third-order valence-corrected chi connectivity index (χ3v) is 3.41. The van der Waals surface area contributed by atoms with Crippen molar-refractivity contribution in [2.75, 3.05) is 6.54 Å². The summed E-state index contributed by atoms with van der Waals surface area (Å²) in [6.07, 6.45) is -1.15. The minimum absolute atomic E-state index is 0.136. The number of rotatable bonds is 6. The summed E-state index contributed by atoms with van der Waals surface area (Å²) in [6, 6.07) is 1.10. The number of hydrogen-bond acceptors (Lipinski definition) is 2. The van der Waals surface area contributed by atoms with Gasteiger partial charge in [0.15, 0.2) is 5.69 Å². The summed E-state index contributed by atoms with van der Waals surface area (Å²) in [5, 5.41) is 6.27. The van der Waals surface area contributed by atoms with Gasteiger partial charge in [-0.25, -0.2) is 0 Å². The predicted molar refractivity (Wildman–Crippen MR) is 71.6 cm³/mol. The van der Waals surface area contributed by atoms with Crippen LogP contribution in [0.25, 0.3) is 0 Å². The van der Waals surface area contributed by atoms with Crippen molar-refractivity contribution in [2.24, 2.45) is 5.92 Å². The Labute approximate surface area is 121 Å². The first-order valence-electron chi connectivity index (χ1n) is 6.86. The number of hydrogen-bond donors (Lipinski definition) is 1. The lowest BCUT2D eigenvalue weighted by Gasteiger charge is -2.13. The van der Waals surface area contributed by atoms with Gasteiger partial charge in [0.1, 0.15) is 0 Å². The molecule has 1 aromatic heterocycles. The molecule has 1 heterocycles. The molecule has 1 aromatic rings. The zero-order valence-corrected chi connectivity index (χ0v) is 11.8. The van der Waals surface area contributed by atoms with Crippen LogP contribution in [-0.2, 0) is 17.5 Å². The van der Waals surface area contributed by atoms with Gasteiger partial charge >= 0.3 is 6.18 Å². The van der Waals surface area contributed by atoms with Gasteiger partial charge in [-0.1, -0.05) is 13.0 Å². The second kappa shape index (κ2) is 5.91. The van der Waals surface area contributed by atoms with Gasteiger partial charge in [0.2, 0.25) is 5.91 Å². The van der Waals surface area contributed by atoms with Gasteiger partial charge in [0, 0.05) is 18.2 Å². The third-order valence-electron chi connectivity index (χ3n) is 3.41. The monoisotopic (exact) mass is 301 g/mol. The Bertz CT molecular complexity index is 532. The molecule has 1 aliphatic carbocycles. The van der Waals surface area contributed by atoms with Gasteiger partial charge in [-0.2, -0.15) is 18.3 Å². The molecule has 0 aromatic carbocycles. The van der Waals surface area contributed by atoms with E-state index in [0.29, 0.717) is 12.2 Å². The highest BCUT2D eigenvalue weighted by molar-refractivity contribution is 5.78. The van der Waals surface area contributed by atoms with E-state index in [1.165, 1.54) is 4.68 Å². The van der Waals surface area contributed by atoms with Crippen LogP contribution in [0.1, 0.15) is 37.1 Å². The predicted octanol–water partition coefficient (Wildman–Crippen LogP) is 2.72. The number of amides is 1. The molecule has 116 valence electrons.